The van der Waals surface area contributed by atoms with Crippen molar-refractivity contribution in [2.45, 2.75) is 6.54 Å². The quantitative estimate of drug-likeness (QED) is 0.626. The molecule has 3 N–H and O–H groups in total. The molecule has 0 aliphatic carbocycles. The van der Waals surface area contributed by atoms with Crippen LogP contribution in [0.5, 0.6) is 0 Å². The van der Waals surface area contributed by atoms with Crippen LogP contribution in [0, 0.1) is 15.9 Å². The molecule has 10 heteroatoms. The van der Waals surface area contributed by atoms with Crippen molar-refractivity contribution in [2.24, 2.45) is 0 Å². The lowest BCUT2D eigenvalue weighted by Gasteiger charge is -2.08. The third kappa shape index (κ3) is 4.20. The minimum Gasteiger partial charge on any atom is -0.378 e. The number of benzene rings is 1. The second-order valence-electron chi connectivity index (χ2n) is 4.79. The van der Waals surface area contributed by atoms with E-state index in [1.807, 2.05) is 0 Å². The van der Waals surface area contributed by atoms with E-state index in [0.717, 1.165) is 18.4 Å². The Bertz CT molecular complexity index is 870. The Hall–Kier alpha value is -2.59. The average molecular weight is 340 g/mol. The number of nitro groups is 1. The number of rotatable bonds is 5. The van der Waals surface area contributed by atoms with Gasteiger partial charge in [-0.15, -0.1) is 0 Å². The molecule has 0 saturated carbocycles. The van der Waals surface area contributed by atoms with E-state index in [1.54, 1.807) is 0 Å². The van der Waals surface area contributed by atoms with Crippen LogP contribution >= 0.6 is 0 Å². The van der Waals surface area contributed by atoms with Crippen LogP contribution in [0.3, 0.4) is 0 Å². The fraction of sp³-hybridized carbons (Fsp3) is 0.154. The number of hydrogen-bond acceptors (Lipinski definition) is 6. The molecule has 0 atom stereocenters. The molecule has 1 aromatic heterocycles. The number of halogens is 1. The number of aromatic nitrogens is 1. The fourth-order valence-electron chi connectivity index (χ4n) is 2.02. The summed E-state index contributed by atoms with van der Waals surface area (Å²) in [5.41, 5.74) is 5.70. The molecular formula is C13H13FN4O4S. The third-order valence-electron chi connectivity index (χ3n) is 2.94. The number of nitrogen functional groups attached to an aromatic ring is 1. The van der Waals surface area contributed by atoms with Crippen LogP contribution in [-0.4, -0.2) is 24.6 Å². The summed E-state index contributed by atoms with van der Waals surface area (Å²) in [7, 11) is -3.45. The van der Waals surface area contributed by atoms with Crippen molar-refractivity contribution in [1.29, 1.82) is 0 Å². The number of nitrogens with two attached hydrogens (primary N) is 1. The summed E-state index contributed by atoms with van der Waals surface area (Å²) in [6, 6.07) is 5.03. The Morgan fingerprint density at radius 1 is 1.39 bits per heavy atom. The SMILES string of the molecule is CS(=O)(=O)NCc1cc(F)cc(-c2ccnc(N)c2[N+](=O)[O-])c1. The van der Waals surface area contributed by atoms with Gasteiger partial charge in [-0.3, -0.25) is 10.1 Å². The summed E-state index contributed by atoms with van der Waals surface area (Å²) in [5, 5.41) is 11.1. The zero-order valence-corrected chi connectivity index (χ0v) is 12.8. The fourth-order valence-corrected chi connectivity index (χ4v) is 2.45. The number of hydrogen-bond donors (Lipinski definition) is 2. The largest absolute Gasteiger partial charge is 0.378 e. The van der Waals surface area contributed by atoms with Gasteiger partial charge in [0, 0.05) is 12.7 Å². The maximum atomic E-state index is 13.8. The number of anilines is 1. The molecule has 8 nitrogen and oxygen atoms in total. The molecule has 0 unspecified atom stereocenters. The van der Waals surface area contributed by atoms with Gasteiger partial charge >= 0.3 is 5.69 Å². The molecule has 2 rings (SSSR count). The first-order valence-electron chi connectivity index (χ1n) is 6.31. The van der Waals surface area contributed by atoms with Crippen LogP contribution < -0.4 is 10.5 Å². The number of pyridine rings is 1. The van der Waals surface area contributed by atoms with Crippen molar-refractivity contribution in [3.8, 4) is 11.1 Å². The lowest BCUT2D eigenvalue weighted by molar-refractivity contribution is -0.383. The molecule has 0 radical (unpaired) electrons. The van der Waals surface area contributed by atoms with Crippen molar-refractivity contribution < 1.29 is 17.7 Å². The minimum atomic E-state index is -3.45. The van der Waals surface area contributed by atoms with Crippen LogP contribution in [0.1, 0.15) is 5.56 Å². The molecule has 0 fully saturated rings. The van der Waals surface area contributed by atoms with Gasteiger partial charge in [-0.1, -0.05) is 0 Å². The molecule has 0 spiro atoms. The van der Waals surface area contributed by atoms with Gasteiger partial charge in [0.25, 0.3) is 0 Å². The van der Waals surface area contributed by atoms with Crippen molar-refractivity contribution in [2.75, 3.05) is 12.0 Å². The second-order valence-corrected chi connectivity index (χ2v) is 6.62. The van der Waals surface area contributed by atoms with E-state index in [1.165, 1.54) is 18.3 Å². The topological polar surface area (TPSA) is 128 Å². The van der Waals surface area contributed by atoms with Crippen LogP contribution in [0.15, 0.2) is 30.5 Å². The summed E-state index contributed by atoms with van der Waals surface area (Å²) in [6.07, 6.45) is 2.25. The summed E-state index contributed by atoms with van der Waals surface area (Å²) in [5.74, 6) is -0.940. The lowest BCUT2D eigenvalue weighted by atomic mass is 10.0. The maximum Gasteiger partial charge on any atom is 0.318 e. The van der Waals surface area contributed by atoms with E-state index in [2.05, 4.69) is 9.71 Å². The zero-order valence-electron chi connectivity index (χ0n) is 12.0. The van der Waals surface area contributed by atoms with E-state index < -0.39 is 26.5 Å². The maximum absolute atomic E-state index is 13.8. The van der Waals surface area contributed by atoms with Crippen molar-refractivity contribution >= 4 is 21.5 Å². The van der Waals surface area contributed by atoms with Gasteiger partial charge in [-0.2, -0.15) is 0 Å². The standard InChI is InChI=1S/C13H13FN4O4S/c1-23(21,22)17-7-8-4-9(6-10(14)5-8)11-2-3-16-13(15)12(11)18(19)20/h2-6,17H,7H2,1H3,(H2,15,16). The van der Waals surface area contributed by atoms with Crippen LogP contribution in [0.25, 0.3) is 11.1 Å². The average Bonchev–Trinajstić information content (AvgIpc) is 2.43. The highest BCUT2D eigenvalue weighted by atomic mass is 32.2. The lowest BCUT2D eigenvalue weighted by Crippen LogP contribution is -2.21. The predicted octanol–water partition coefficient (Wildman–Crippen LogP) is 1.43. The van der Waals surface area contributed by atoms with E-state index >= 15 is 0 Å². The molecule has 1 heterocycles. The van der Waals surface area contributed by atoms with Gasteiger partial charge in [0.2, 0.25) is 15.8 Å². The van der Waals surface area contributed by atoms with Gasteiger partial charge in [0.15, 0.2) is 0 Å². The van der Waals surface area contributed by atoms with Crippen molar-refractivity contribution in [1.82, 2.24) is 9.71 Å². The number of sulfonamides is 1. The number of nitrogens with one attached hydrogen (secondary N) is 1. The summed E-state index contributed by atoms with van der Waals surface area (Å²) in [4.78, 5) is 14.1. The first-order valence-corrected chi connectivity index (χ1v) is 8.20. The smallest absolute Gasteiger partial charge is 0.318 e. The summed E-state index contributed by atoms with van der Waals surface area (Å²) < 4.78 is 38.2. The molecule has 23 heavy (non-hydrogen) atoms. The number of nitrogens with zero attached hydrogens (tertiary/aromatic N) is 2. The molecule has 2 aromatic rings. The molecule has 1 aromatic carbocycles. The normalized spacial score (nSPS) is 11.4. The van der Waals surface area contributed by atoms with Crippen molar-refractivity contribution in [3.05, 3.63) is 52.0 Å². The van der Waals surface area contributed by atoms with Crippen molar-refractivity contribution in [3.63, 3.8) is 0 Å². The Kier molecular flexibility index (Phi) is 4.57. The van der Waals surface area contributed by atoms with Crippen LogP contribution in [-0.2, 0) is 16.6 Å². The van der Waals surface area contributed by atoms with Gasteiger partial charge in [0.1, 0.15) is 5.82 Å². The summed E-state index contributed by atoms with van der Waals surface area (Å²) in [6.45, 7) is -0.141. The zero-order chi connectivity index (χ0) is 17.2. The second kappa shape index (κ2) is 6.26. The molecule has 0 aliphatic rings. The monoisotopic (exact) mass is 340 g/mol. The first kappa shape index (κ1) is 16.8. The molecule has 122 valence electrons. The van der Waals surface area contributed by atoms with E-state index in [4.69, 9.17) is 5.73 Å². The summed E-state index contributed by atoms with van der Waals surface area (Å²) >= 11 is 0. The van der Waals surface area contributed by atoms with Crippen LogP contribution in [0.4, 0.5) is 15.9 Å². The van der Waals surface area contributed by atoms with E-state index in [-0.39, 0.29) is 23.5 Å². The van der Waals surface area contributed by atoms with E-state index in [9.17, 15) is 22.9 Å². The molecule has 0 aliphatic heterocycles. The van der Waals surface area contributed by atoms with E-state index in [0.29, 0.717) is 5.56 Å². The van der Waals surface area contributed by atoms with Gasteiger partial charge in [0.05, 0.1) is 16.7 Å². The highest BCUT2D eigenvalue weighted by Crippen LogP contribution is 2.33. The van der Waals surface area contributed by atoms with Gasteiger partial charge in [-0.05, 0) is 35.4 Å². The molecule has 0 bridgehead atoms. The third-order valence-corrected chi connectivity index (χ3v) is 3.61. The highest BCUT2D eigenvalue weighted by molar-refractivity contribution is 7.88. The Balaban J connectivity index is 2.51. The first-order chi connectivity index (χ1) is 10.7. The highest BCUT2D eigenvalue weighted by Gasteiger charge is 2.21. The Morgan fingerprint density at radius 3 is 2.70 bits per heavy atom. The van der Waals surface area contributed by atoms with Gasteiger partial charge < -0.3 is 5.73 Å². The molecule has 0 saturated heterocycles. The van der Waals surface area contributed by atoms with Gasteiger partial charge in [-0.25, -0.2) is 22.5 Å². The molecule has 0 amide bonds. The van der Waals surface area contributed by atoms with Crippen LogP contribution in [0.2, 0.25) is 0 Å². The Labute approximate surface area is 131 Å². The minimum absolute atomic E-state index is 0.0996. The Morgan fingerprint density at radius 2 is 2.09 bits per heavy atom. The predicted molar refractivity (Wildman–Crippen MR) is 82.4 cm³/mol. The molecular weight excluding hydrogens is 327 g/mol.